The fraction of sp³-hybridized carbons (Fsp3) is 0.167. The lowest BCUT2D eigenvalue weighted by atomic mass is 10.3. The Bertz CT molecular complexity index is 600. The van der Waals surface area contributed by atoms with Gasteiger partial charge in [-0.2, -0.15) is 5.10 Å². The first-order valence-corrected chi connectivity index (χ1v) is 6.93. The second kappa shape index (κ2) is 5.49. The van der Waals surface area contributed by atoms with Crippen molar-refractivity contribution in [2.45, 2.75) is 13.8 Å². The Hall–Kier alpha value is -1.40. The summed E-state index contributed by atoms with van der Waals surface area (Å²) in [5.41, 5.74) is 1.91. The Morgan fingerprint density at radius 2 is 2.28 bits per heavy atom. The first kappa shape index (κ1) is 13.0. The van der Waals surface area contributed by atoms with Gasteiger partial charge in [0.05, 0.1) is 3.79 Å². The molecule has 2 N–H and O–H groups in total. The number of hydrogen-bond acceptors (Lipinski definition) is 3. The molecule has 0 bridgehead atoms. The van der Waals surface area contributed by atoms with Gasteiger partial charge in [-0.3, -0.25) is 9.89 Å². The second-order valence-electron chi connectivity index (χ2n) is 3.79. The minimum Gasteiger partial charge on any atom is -0.305 e. The number of thiophene rings is 1. The molecule has 0 fully saturated rings. The minimum atomic E-state index is -0.186. The van der Waals surface area contributed by atoms with Crippen molar-refractivity contribution in [3.63, 3.8) is 0 Å². The summed E-state index contributed by atoms with van der Waals surface area (Å²) in [4.78, 5) is 12.7. The number of anilines is 1. The van der Waals surface area contributed by atoms with Crippen LogP contribution in [0.5, 0.6) is 0 Å². The third-order valence-corrected chi connectivity index (χ3v) is 4.08. The van der Waals surface area contributed by atoms with Gasteiger partial charge in [0.25, 0.3) is 0 Å². The number of aromatic nitrogens is 2. The van der Waals surface area contributed by atoms with Gasteiger partial charge < -0.3 is 5.32 Å². The summed E-state index contributed by atoms with van der Waals surface area (Å²) in [6, 6.07) is 3.89. The molecule has 0 unspecified atom stereocenters. The average molecular weight is 326 g/mol. The van der Waals surface area contributed by atoms with E-state index in [0.717, 1.165) is 19.9 Å². The quantitative estimate of drug-likeness (QED) is 0.848. The molecule has 0 saturated carbocycles. The maximum absolute atomic E-state index is 11.7. The van der Waals surface area contributed by atoms with Gasteiger partial charge in [-0.05, 0) is 48.0 Å². The predicted octanol–water partition coefficient (Wildman–Crippen LogP) is 3.50. The van der Waals surface area contributed by atoms with E-state index in [2.05, 4.69) is 31.4 Å². The average Bonchev–Trinajstić information content (AvgIpc) is 2.88. The van der Waals surface area contributed by atoms with E-state index in [-0.39, 0.29) is 5.91 Å². The summed E-state index contributed by atoms with van der Waals surface area (Å²) in [7, 11) is 0. The Morgan fingerprint density at radius 3 is 2.83 bits per heavy atom. The maximum atomic E-state index is 11.7. The maximum Gasteiger partial charge on any atom is 0.249 e. The summed E-state index contributed by atoms with van der Waals surface area (Å²) < 4.78 is 1.04. The Kier molecular flexibility index (Phi) is 3.98. The SMILES string of the molecule is Cc1[nH]nc(NC(=O)/C=C/c2ccc(Br)s2)c1C. The molecule has 0 saturated heterocycles. The highest BCUT2D eigenvalue weighted by molar-refractivity contribution is 9.11. The number of rotatable bonds is 3. The number of carbonyl (C=O) groups excluding carboxylic acids is 1. The molecule has 0 spiro atoms. The van der Waals surface area contributed by atoms with Crippen molar-refractivity contribution < 1.29 is 4.79 Å². The lowest BCUT2D eigenvalue weighted by Crippen LogP contribution is -2.08. The van der Waals surface area contributed by atoms with Crippen LogP contribution in [0.2, 0.25) is 0 Å². The number of nitrogens with one attached hydrogen (secondary N) is 2. The smallest absolute Gasteiger partial charge is 0.249 e. The molecule has 18 heavy (non-hydrogen) atoms. The van der Waals surface area contributed by atoms with E-state index in [1.807, 2.05) is 26.0 Å². The standard InChI is InChI=1S/C12H12BrN3OS/c1-7-8(2)15-16-12(7)14-11(17)6-4-9-3-5-10(13)18-9/h3-6H,1-2H3,(H2,14,15,16,17)/b6-4+. The number of aryl methyl sites for hydroxylation is 1. The van der Waals surface area contributed by atoms with Crippen molar-refractivity contribution in [2.24, 2.45) is 0 Å². The number of hydrogen-bond donors (Lipinski definition) is 2. The van der Waals surface area contributed by atoms with Crippen LogP contribution in [0.3, 0.4) is 0 Å². The van der Waals surface area contributed by atoms with Gasteiger partial charge in [-0.25, -0.2) is 0 Å². The van der Waals surface area contributed by atoms with E-state index in [1.165, 1.54) is 6.08 Å². The van der Waals surface area contributed by atoms with Gasteiger partial charge in [-0.1, -0.05) is 0 Å². The molecule has 0 radical (unpaired) electrons. The zero-order valence-corrected chi connectivity index (χ0v) is 12.4. The minimum absolute atomic E-state index is 0.186. The van der Waals surface area contributed by atoms with Crippen LogP contribution in [-0.2, 0) is 4.79 Å². The van der Waals surface area contributed by atoms with Gasteiger partial charge in [0.2, 0.25) is 5.91 Å². The van der Waals surface area contributed by atoms with Crippen LogP contribution in [0.1, 0.15) is 16.1 Å². The lowest BCUT2D eigenvalue weighted by molar-refractivity contribution is -0.111. The van der Waals surface area contributed by atoms with Crippen molar-refractivity contribution in [2.75, 3.05) is 5.32 Å². The third kappa shape index (κ3) is 3.08. The molecule has 4 nitrogen and oxygen atoms in total. The van der Waals surface area contributed by atoms with Crippen molar-refractivity contribution in [3.8, 4) is 0 Å². The molecule has 2 rings (SSSR count). The molecule has 1 amide bonds. The van der Waals surface area contributed by atoms with E-state index < -0.39 is 0 Å². The molecular formula is C12H12BrN3OS. The number of halogens is 1. The molecule has 6 heteroatoms. The van der Waals surface area contributed by atoms with Crippen molar-refractivity contribution in [1.29, 1.82) is 0 Å². The van der Waals surface area contributed by atoms with E-state index in [0.29, 0.717) is 5.82 Å². The van der Waals surface area contributed by atoms with E-state index in [4.69, 9.17) is 0 Å². The van der Waals surface area contributed by atoms with Crippen LogP contribution < -0.4 is 5.32 Å². The van der Waals surface area contributed by atoms with Gasteiger partial charge in [0.1, 0.15) is 0 Å². The molecule has 0 aliphatic heterocycles. The van der Waals surface area contributed by atoms with Crippen LogP contribution in [0.25, 0.3) is 6.08 Å². The summed E-state index contributed by atoms with van der Waals surface area (Å²) in [5.74, 6) is 0.392. The molecule has 0 aliphatic rings. The Balaban J connectivity index is 2.01. The van der Waals surface area contributed by atoms with Crippen LogP contribution in [0.15, 0.2) is 22.0 Å². The van der Waals surface area contributed by atoms with Crippen LogP contribution in [-0.4, -0.2) is 16.1 Å². The van der Waals surface area contributed by atoms with Gasteiger partial charge in [0.15, 0.2) is 5.82 Å². The summed E-state index contributed by atoms with van der Waals surface area (Å²) >= 11 is 4.95. The molecule has 94 valence electrons. The lowest BCUT2D eigenvalue weighted by Gasteiger charge is -1.98. The molecule has 2 aromatic heterocycles. The van der Waals surface area contributed by atoms with Crippen LogP contribution in [0.4, 0.5) is 5.82 Å². The monoisotopic (exact) mass is 325 g/mol. The fourth-order valence-corrected chi connectivity index (χ4v) is 2.67. The van der Waals surface area contributed by atoms with E-state index in [1.54, 1.807) is 17.4 Å². The number of amides is 1. The summed E-state index contributed by atoms with van der Waals surface area (Å²) in [6.07, 6.45) is 3.28. The van der Waals surface area contributed by atoms with E-state index >= 15 is 0 Å². The fourth-order valence-electron chi connectivity index (χ4n) is 1.34. The van der Waals surface area contributed by atoms with Crippen LogP contribution in [0, 0.1) is 13.8 Å². The number of H-pyrrole nitrogens is 1. The highest BCUT2D eigenvalue weighted by atomic mass is 79.9. The Labute approximate surface area is 117 Å². The van der Waals surface area contributed by atoms with Gasteiger partial charge in [-0.15, -0.1) is 11.3 Å². The highest BCUT2D eigenvalue weighted by Gasteiger charge is 2.07. The zero-order valence-electron chi connectivity index (χ0n) is 9.95. The Morgan fingerprint density at radius 1 is 1.50 bits per heavy atom. The predicted molar refractivity (Wildman–Crippen MR) is 77.7 cm³/mol. The molecule has 0 aliphatic carbocycles. The van der Waals surface area contributed by atoms with Crippen LogP contribution >= 0.6 is 27.3 Å². The third-order valence-electron chi connectivity index (χ3n) is 2.49. The van der Waals surface area contributed by atoms with Gasteiger partial charge in [0, 0.05) is 22.2 Å². The molecule has 0 atom stereocenters. The normalized spacial score (nSPS) is 11.1. The van der Waals surface area contributed by atoms with E-state index in [9.17, 15) is 4.79 Å². The summed E-state index contributed by atoms with van der Waals surface area (Å²) in [6.45, 7) is 3.82. The topological polar surface area (TPSA) is 57.8 Å². The largest absolute Gasteiger partial charge is 0.305 e. The molecule has 2 heterocycles. The number of carbonyl (C=O) groups is 1. The molecule has 2 aromatic rings. The van der Waals surface area contributed by atoms with Crippen molar-refractivity contribution >= 4 is 45.1 Å². The van der Waals surface area contributed by atoms with Gasteiger partial charge >= 0.3 is 0 Å². The first-order chi connectivity index (χ1) is 8.56. The van der Waals surface area contributed by atoms with Crippen molar-refractivity contribution in [1.82, 2.24) is 10.2 Å². The number of nitrogens with zero attached hydrogens (tertiary/aromatic N) is 1. The molecular weight excluding hydrogens is 314 g/mol. The van der Waals surface area contributed by atoms with Crippen molar-refractivity contribution in [3.05, 3.63) is 38.1 Å². The zero-order chi connectivity index (χ0) is 13.1. The molecule has 0 aromatic carbocycles. The summed E-state index contributed by atoms with van der Waals surface area (Å²) in [5, 5.41) is 9.58. The first-order valence-electron chi connectivity index (χ1n) is 5.32. The second-order valence-corrected chi connectivity index (χ2v) is 6.28. The highest BCUT2D eigenvalue weighted by Crippen LogP contribution is 2.23. The number of aromatic amines is 1.